The van der Waals surface area contributed by atoms with Crippen LogP contribution in [0.3, 0.4) is 0 Å². The van der Waals surface area contributed by atoms with Crippen molar-refractivity contribution < 1.29 is 19.0 Å². The molecule has 0 unspecified atom stereocenters. The second-order valence-corrected chi connectivity index (χ2v) is 3.05. The highest BCUT2D eigenvalue weighted by Crippen LogP contribution is 2.42. The first-order valence-corrected chi connectivity index (χ1v) is 4.20. The third-order valence-electron chi connectivity index (χ3n) is 1.54. The summed E-state index contributed by atoms with van der Waals surface area (Å²) in [6.07, 6.45) is 0. The Morgan fingerprint density at radius 1 is 1.38 bits per heavy atom. The molecule has 0 spiro atoms. The van der Waals surface area contributed by atoms with Gasteiger partial charge in [-0.3, -0.25) is 0 Å². The summed E-state index contributed by atoms with van der Waals surface area (Å²) in [5, 5.41) is 9.42. The van der Waals surface area contributed by atoms with Crippen molar-refractivity contribution in [3.8, 4) is 17.2 Å². The molecule has 0 aliphatic rings. The van der Waals surface area contributed by atoms with E-state index in [9.17, 15) is 9.50 Å². The summed E-state index contributed by atoms with van der Waals surface area (Å²) in [6.45, 7) is 0. The minimum absolute atomic E-state index is 0.0432. The van der Waals surface area contributed by atoms with Crippen molar-refractivity contribution in [2.45, 2.75) is 0 Å². The van der Waals surface area contributed by atoms with Crippen LogP contribution in [0.2, 0.25) is 0 Å². The molecule has 0 fully saturated rings. The number of hydrogen-bond donors (Lipinski definition) is 1. The fraction of sp³-hybridized carbons (Fsp3) is 0.250. The smallest absolute Gasteiger partial charge is 0.176 e. The summed E-state index contributed by atoms with van der Waals surface area (Å²) in [5.74, 6) is -0.756. The van der Waals surface area contributed by atoms with Crippen molar-refractivity contribution in [2.75, 3.05) is 14.2 Å². The Kier molecular flexibility index (Phi) is 2.98. The van der Waals surface area contributed by atoms with E-state index in [1.54, 1.807) is 0 Å². The first kappa shape index (κ1) is 10.1. The van der Waals surface area contributed by atoms with Crippen LogP contribution in [0.4, 0.5) is 4.39 Å². The average molecular weight is 251 g/mol. The van der Waals surface area contributed by atoms with E-state index in [1.165, 1.54) is 14.2 Å². The molecular formula is C8H8BrFO3. The maximum atomic E-state index is 13.1. The summed E-state index contributed by atoms with van der Waals surface area (Å²) < 4.78 is 22.7. The van der Waals surface area contributed by atoms with Crippen LogP contribution in [0.1, 0.15) is 0 Å². The molecule has 72 valence electrons. The second kappa shape index (κ2) is 3.83. The fourth-order valence-corrected chi connectivity index (χ4v) is 1.46. The molecule has 0 aliphatic carbocycles. The van der Waals surface area contributed by atoms with Crippen LogP contribution in [0, 0.1) is 5.82 Å². The molecule has 0 aliphatic heterocycles. The Labute approximate surface area is 83.2 Å². The quantitative estimate of drug-likeness (QED) is 0.876. The highest BCUT2D eigenvalue weighted by Gasteiger charge is 2.16. The normalized spacial score (nSPS) is 9.85. The first-order valence-electron chi connectivity index (χ1n) is 3.40. The van der Waals surface area contributed by atoms with E-state index in [2.05, 4.69) is 15.9 Å². The van der Waals surface area contributed by atoms with E-state index in [1.807, 2.05) is 0 Å². The van der Waals surface area contributed by atoms with Gasteiger partial charge in [0.15, 0.2) is 23.1 Å². The zero-order valence-electron chi connectivity index (χ0n) is 7.10. The lowest BCUT2D eigenvalue weighted by Crippen LogP contribution is -1.92. The van der Waals surface area contributed by atoms with Crippen LogP contribution >= 0.6 is 15.9 Å². The van der Waals surface area contributed by atoms with Gasteiger partial charge >= 0.3 is 0 Å². The third kappa shape index (κ3) is 1.70. The molecule has 13 heavy (non-hydrogen) atoms. The second-order valence-electron chi connectivity index (χ2n) is 2.26. The third-order valence-corrected chi connectivity index (χ3v) is 2.28. The lowest BCUT2D eigenvalue weighted by molar-refractivity contribution is 0.348. The van der Waals surface area contributed by atoms with Gasteiger partial charge in [0.1, 0.15) is 4.47 Å². The lowest BCUT2D eigenvalue weighted by Gasteiger charge is -2.09. The van der Waals surface area contributed by atoms with Gasteiger partial charge in [-0.25, -0.2) is 4.39 Å². The van der Waals surface area contributed by atoms with Crippen molar-refractivity contribution in [2.24, 2.45) is 0 Å². The zero-order valence-corrected chi connectivity index (χ0v) is 8.68. The largest absolute Gasteiger partial charge is 0.503 e. The Morgan fingerprint density at radius 2 is 2.00 bits per heavy atom. The molecule has 1 aromatic rings. The summed E-state index contributed by atoms with van der Waals surface area (Å²) >= 11 is 2.99. The Bertz CT molecular complexity index is 328. The highest BCUT2D eigenvalue weighted by atomic mass is 79.9. The fourth-order valence-electron chi connectivity index (χ4n) is 0.912. The van der Waals surface area contributed by atoms with Crippen molar-refractivity contribution in [1.82, 2.24) is 0 Å². The van der Waals surface area contributed by atoms with Crippen LogP contribution in [0.25, 0.3) is 0 Å². The number of aromatic hydroxyl groups is 1. The molecule has 0 atom stereocenters. The molecule has 5 heteroatoms. The summed E-state index contributed by atoms with van der Waals surface area (Å²) in [4.78, 5) is 0. The number of rotatable bonds is 2. The molecule has 0 saturated heterocycles. The Balaban J connectivity index is 3.37. The van der Waals surface area contributed by atoms with Gasteiger partial charge in [0.2, 0.25) is 0 Å². The summed E-state index contributed by atoms with van der Waals surface area (Å²) in [6, 6.07) is 1.05. The Hall–Kier alpha value is -0.970. The molecule has 0 heterocycles. The number of ether oxygens (including phenoxy) is 2. The number of methoxy groups -OCH3 is 2. The van der Waals surface area contributed by atoms with Crippen molar-refractivity contribution in [3.05, 3.63) is 16.4 Å². The van der Waals surface area contributed by atoms with Gasteiger partial charge in [-0.05, 0) is 15.9 Å². The maximum Gasteiger partial charge on any atom is 0.176 e. The summed E-state index contributed by atoms with van der Waals surface area (Å²) in [7, 11) is 2.66. The van der Waals surface area contributed by atoms with Gasteiger partial charge in [-0.1, -0.05) is 0 Å². The van der Waals surface area contributed by atoms with Gasteiger partial charge < -0.3 is 14.6 Å². The monoisotopic (exact) mass is 250 g/mol. The van der Waals surface area contributed by atoms with E-state index in [-0.39, 0.29) is 21.7 Å². The maximum absolute atomic E-state index is 13.1. The molecule has 3 nitrogen and oxygen atoms in total. The van der Waals surface area contributed by atoms with E-state index in [4.69, 9.17) is 9.47 Å². The number of benzene rings is 1. The predicted molar refractivity (Wildman–Crippen MR) is 48.9 cm³/mol. The number of hydrogen-bond acceptors (Lipinski definition) is 3. The lowest BCUT2D eigenvalue weighted by atomic mass is 10.3. The molecular weight excluding hydrogens is 243 g/mol. The van der Waals surface area contributed by atoms with Crippen LogP contribution in [0.15, 0.2) is 10.5 Å². The SMILES string of the molecule is COc1cc(F)c(OC)c(Br)c1O. The van der Waals surface area contributed by atoms with Gasteiger partial charge in [0.25, 0.3) is 0 Å². The molecule has 0 bridgehead atoms. The van der Waals surface area contributed by atoms with Crippen molar-refractivity contribution in [1.29, 1.82) is 0 Å². The van der Waals surface area contributed by atoms with E-state index < -0.39 is 5.82 Å². The van der Waals surface area contributed by atoms with Gasteiger partial charge in [0, 0.05) is 6.07 Å². The number of halogens is 2. The zero-order chi connectivity index (χ0) is 10.0. The topological polar surface area (TPSA) is 38.7 Å². The minimum atomic E-state index is -0.593. The minimum Gasteiger partial charge on any atom is -0.503 e. The van der Waals surface area contributed by atoms with E-state index in [0.717, 1.165) is 6.07 Å². The molecule has 0 amide bonds. The van der Waals surface area contributed by atoms with Crippen LogP contribution in [0.5, 0.6) is 17.2 Å². The van der Waals surface area contributed by atoms with Crippen molar-refractivity contribution in [3.63, 3.8) is 0 Å². The van der Waals surface area contributed by atoms with E-state index in [0.29, 0.717) is 0 Å². The number of phenolic OH excluding ortho intramolecular Hbond substituents is 1. The van der Waals surface area contributed by atoms with Crippen LogP contribution in [-0.4, -0.2) is 19.3 Å². The van der Waals surface area contributed by atoms with Crippen molar-refractivity contribution >= 4 is 15.9 Å². The molecule has 0 radical (unpaired) electrons. The highest BCUT2D eigenvalue weighted by molar-refractivity contribution is 9.10. The first-order chi connectivity index (χ1) is 6.11. The summed E-state index contributed by atoms with van der Waals surface area (Å²) in [5.41, 5.74) is 0. The standard InChI is InChI=1S/C8H8BrFO3/c1-12-5-3-4(10)8(13-2)6(9)7(5)11/h3,11H,1-2H3. The molecule has 1 N–H and O–H groups in total. The van der Waals surface area contributed by atoms with Crippen LogP contribution in [-0.2, 0) is 0 Å². The average Bonchev–Trinajstić information content (AvgIpc) is 2.12. The molecule has 0 saturated carbocycles. The van der Waals surface area contributed by atoms with Gasteiger partial charge in [0.05, 0.1) is 14.2 Å². The predicted octanol–water partition coefficient (Wildman–Crippen LogP) is 2.31. The van der Waals surface area contributed by atoms with E-state index >= 15 is 0 Å². The molecule has 1 rings (SSSR count). The molecule has 1 aromatic carbocycles. The van der Waals surface area contributed by atoms with Gasteiger partial charge in [-0.15, -0.1) is 0 Å². The van der Waals surface area contributed by atoms with Gasteiger partial charge in [-0.2, -0.15) is 0 Å². The molecule has 0 aromatic heterocycles. The van der Waals surface area contributed by atoms with Crippen LogP contribution < -0.4 is 9.47 Å². The number of phenols is 1. The Morgan fingerprint density at radius 3 is 2.46 bits per heavy atom.